The van der Waals surface area contributed by atoms with Gasteiger partial charge < -0.3 is 19.9 Å². The van der Waals surface area contributed by atoms with Gasteiger partial charge in [-0.3, -0.25) is 0 Å². The molecule has 2 aliphatic heterocycles. The molecule has 2 N–H and O–H groups in total. The minimum Gasteiger partial charge on any atom is -0.391 e. The maximum atomic E-state index is 9.30. The number of aliphatic hydroxyl groups is 1. The highest BCUT2D eigenvalue weighted by Gasteiger charge is 2.43. The number of nitrogens with one attached hydrogen (secondary N) is 1. The van der Waals surface area contributed by atoms with Gasteiger partial charge in [0.1, 0.15) is 0 Å². The SMILES string of the molecule is OCC1(C2CCNCC2)OCCO1. The average molecular weight is 187 g/mol. The Morgan fingerprint density at radius 3 is 2.38 bits per heavy atom. The molecular weight excluding hydrogens is 170 g/mol. The van der Waals surface area contributed by atoms with Crippen LogP contribution < -0.4 is 5.32 Å². The van der Waals surface area contributed by atoms with Gasteiger partial charge in [-0.2, -0.15) is 0 Å². The van der Waals surface area contributed by atoms with Crippen molar-refractivity contribution in [3.8, 4) is 0 Å². The minimum atomic E-state index is -0.678. The Bertz CT molecular complexity index is 162. The average Bonchev–Trinajstić information content (AvgIpc) is 2.69. The number of aliphatic hydroxyl groups excluding tert-OH is 1. The van der Waals surface area contributed by atoms with E-state index in [1.54, 1.807) is 0 Å². The third-order valence-corrected chi connectivity index (χ3v) is 2.96. The fourth-order valence-corrected chi connectivity index (χ4v) is 2.19. The highest BCUT2D eigenvalue weighted by Crippen LogP contribution is 2.33. The van der Waals surface area contributed by atoms with Crippen LogP contribution in [0, 0.1) is 5.92 Å². The molecule has 0 bridgehead atoms. The van der Waals surface area contributed by atoms with Crippen molar-refractivity contribution in [1.82, 2.24) is 5.32 Å². The predicted molar refractivity (Wildman–Crippen MR) is 47.3 cm³/mol. The van der Waals surface area contributed by atoms with Crippen molar-refractivity contribution in [3.05, 3.63) is 0 Å². The number of piperidine rings is 1. The highest BCUT2D eigenvalue weighted by atomic mass is 16.7. The van der Waals surface area contributed by atoms with Gasteiger partial charge in [0.2, 0.25) is 0 Å². The summed E-state index contributed by atoms with van der Waals surface area (Å²) in [6.07, 6.45) is 2.06. The molecule has 0 aromatic rings. The van der Waals surface area contributed by atoms with Crippen LogP contribution in [-0.2, 0) is 9.47 Å². The molecule has 0 atom stereocenters. The summed E-state index contributed by atoms with van der Waals surface area (Å²) in [5.74, 6) is -0.330. The lowest BCUT2D eigenvalue weighted by molar-refractivity contribution is -0.222. The normalized spacial score (nSPS) is 29.3. The summed E-state index contributed by atoms with van der Waals surface area (Å²) < 4.78 is 11.1. The molecule has 0 saturated carbocycles. The second-order valence-corrected chi connectivity index (χ2v) is 3.69. The zero-order chi connectivity index (χ0) is 9.15. The molecule has 0 unspecified atom stereocenters. The molecule has 0 amide bonds. The van der Waals surface area contributed by atoms with E-state index in [2.05, 4.69) is 5.32 Å². The number of hydrogen-bond donors (Lipinski definition) is 2. The molecule has 76 valence electrons. The quantitative estimate of drug-likeness (QED) is 0.624. The van der Waals surface area contributed by atoms with E-state index in [1.165, 1.54) is 0 Å². The van der Waals surface area contributed by atoms with Crippen molar-refractivity contribution in [2.45, 2.75) is 18.6 Å². The van der Waals surface area contributed by atoms with Crippen LogP contribution in [0.5, 0.6) is 0 Å². The second kappa shape index (κ2) is 3.92. The largest absolute Gasteiger partial charge is 0.391 e. The van der Waals surface area contributed by atoms with E-state index in [4.69, 9.17) is 9.47 Å². The summed E-state index contributed by atoms with van der Waals surface area (Å²) in [6.45, 7) is 3.21. The van der Waals surface area contributed by atoms with Gasteiger partial charge in [0.15, 0.2) is 5.79 Å². The first-order valence-electron chi connectivity index (χ1n) is 4.97. The lowest BCUT2D eigenvalue weighted by Gasteiger charge is -2.36. The highest BCUT2D eigenvalue weighted by molar-refractivity contribution is 4.85. The third-order valence-electron chi connectivity index (χ3n) is 2.96. The van der Waals surface area contributed by atoms with Crippen molar-refractivity contribution in [2.75, 3.05) is 32.9 Å². The Morgan fingerprint density at radius 1 is 1.23 bits per heavy atom. The van der Waals surface area contributed by atoms with E-state index in [1.807, 2.05) is 0 Å². The molecular formula is C9H17NO3. The Labute approximate surface area is 78.2 Å². The molecule has 0 spiro atoms. The van der Waals surface area contributed by atoms with Gasteiger partial charge in [-0.15, -0.1) is 0 Å². The first-order chi connectivity index (χ1) is 6.37. The third kappa shape index (κ3) is 1.72. The second-order valence-electron chi connectivity index (χ2n) is 3.69. The zero-order valence-corrected chi connectivity index (χ0v) is 7.79. The van der Waals surface area contributed by atoms with Gasteiger partial charge >= 0.3 is 0 Å². The fraction of sp³-hybridized carbons (Fsp3) is 1.00. The van der Waals surface area contributed by atoms with E-state index < -0.39 is 5.79 Å². The molecule has 4 nitrogen and oxygen atoms in total. The lowest BCUT2D eigenvalue weighted by Crippen LogP contribution is -2.47. The maximum absolute atomic E-state index is 9.30. The molecule has 2 aliphatic rings. The van der Waals surface area contributed by atoms with Crippen LogP contribution in [0.1, 0.15) is 12.8 Å². The first kappa shape index (κ1) is 9.40. The van der Waals surface area contributed by atoms with Crippen molar-refractivity contribution in [1.29, 1.82) is 0 Å². The van der Waals surface area contributed by atoms with E-state index in [0.29, 0.717) is 19.1 Å². The Balaban J connectivity index is 2.01. The van der Waals surface area contributed by atoms with Gasteiger partial charge in [0, 0.05) is 5.92 Å². The summed E-state index contributed by atoms with van der Waals surface area (Å²) >= 11 is 0. The summed E-state index contributed by atoms with van der Waals surface area (Å²) in [7, 11) is 0. The molecule has 0 aliphatic carbocycles. The zero-order valence-electron chi connectivity index (χ0n) is 7.79. The summed E-state index contributed by atoms with van der Waals surface area (Å²) in [4.78, 5) is 0. The van der Waals surface area contributed by atoms with Crippen molar-refractivity contribution < 1.29 is 14.6 Å². The predicted octanol–water partition coefficient (Wildman–Crippen LogP) is -0.279. The van der Waals surface area contributed by atoms with Crippen molar-refractivity contribution in [3.63, 3.8) is 0 Å². The molecule has 2 rings (SSSR count). The van der Waals surface area contributed by atoms with Crippen LogP contribution >= 0.6 is 0 Å². The molecule has 4 heteroatoms. The molecule has 2 heterocycles. The monoisotopic (exact) mass is 187 g/mol. The molecule has 2 saturated heterocycles. The fourth-order valence-electron chi connectivity index (χ4n) is 2.19. The van der Waals surface area contributed by atoms with Gasteiger partial charge in [-0.1, -0.05) is 0 Å². The van der Waals surface area contributed by atoms with Crippen molar-refractivity contribution in [2.24, 2.45) is 5.92 Å². The van der Waals surface area contributed by atoms with E-state index in [9.17, 15) is 5.11 Å². The molecule has 0 radical (unpaired) electrons. The van der Waals surface area contributed by atoms with Gasteiger partial charge in [0.25, 0.3) is 0 Å². The summed E-state index contributed by atoms with van der Waals surface area (Å²) in [6, 6.07) is 0. The minimum absolute atomic E-state index is 0.0162. The summed E-state index contributed by atoms with van der Waals surface area (Å²) in [5, 5.41) is 12.6. The molecule has 13 heavy (non-hydrogen) atoms. The number of ether oxygens (including phenoxy) is 2. The van der Waals surface area contributed by atoms with Crippen LogP contribution in [0.4, 0.5) is 0 Å². The smallest absolute Gasteiger partial charge is 0.194 e. The molecule has 2 fully saturated rings. The molecule has 0 aromatic heterocycles. The maximum Gasteiger partial charge on any atom is 0.194 e. The van der Waals surface area contributed by atoms with Crippen molar-refractivity contribution >= 4 is 0 Å². The lowest BCUT2D eigenvalue weighted by atomic mass is 9.89. The van der Waals surface area contributed by atoms with Gasteiger partial charge in [0.05, 0.1) is 19.8 Å². The first-order valence-corrected chi connectivity index (χ1v) is 4.97. The summed E-state index contributed by atoms with van der Waals surface area (Å²) in [5.41, 5.74) is 0. The van der Waals surface area contributed by atoms with Crippen LogP contribution in [0.15, 0.2) is 0 Å². The Morgan fingerprint density at radius 2 is 1.85 bits per heavy atom. The Kier molecular flexibility index (Phi) is 2.83. The van der Waals surface area contributed by atoms with Gasteiger partial charge in [-0.05, 0) is 25.9 Å². The van der Waals surface area contributed by atoms with Crippen LogP contribution in [-0.4, -0.2) is 43.8 Å². The van der Waals surface area contributed by atoms with E-state index in [0.717, 1.165) is 25.9 Å². The van der Waals surface area contributed by atoms with E-state index >= 15 is 0 Å². The molecule has 0 aromatic carbocycles. The van der Waals surface area contributed by atoms with Crippen LogP contribution in [0.25, 0.3) is 0 Å². The van der Waals surface area contributed by atoms with E-state index in [-0.39, 0.29) is 6.61 Å². The number of rotatable bonds is 2. The topological polar surface area (TPSA) is 50.7 Å². The van der Waals surface area contributed by atoms with Crippen LogP contribution in [0.3, 0.4) is 0 Å². The standard InChI is InChI=1S/C9H17NO3/c11-7-9(12-5-6-13-9)8-1-3-10-4-2-8/h8,10-11H,1-7H2. The van der Waals surface area contributed by atoms with Gasteiger partial charge in [-0.25, -0.2) is 0 Å². The Hall–Kier alpha value is -0.160. The number of hydrogen-bond acceptors (Lipinski definition) is 4. The van der Waals surface area contributed by atoms with Crippen LogP contribution in [0.2, 0.25) is 0 Å².